The van der Waals surface area contributed by atoms with Crippen LogP contribution in [0.25, 0.3) is 0 Å². The van der Waals surface area contributed by atoms with E-state index in [4.69, 9.17) is 10.7 Å². The molecule has 0 atom stereocenters. The first-order valence-electron chi connectivity index (χ1n) is 6.82. The molecule has 1 heterocycles. The van der Waals surface area contributed by atoms with Gasteiger partial charge in [0.1, 0.15) is 11.6 Å². The molecular formula is C16H20IN3. The molecule has 0 aliphatic rings. The zero-order valence-corrected chi connectivity index (χ0v) is 14.3. The van der Waals surface area contributed by atoms with E-state index >= 15 is 0 Å². The summed E-state index contributed by atoms with van der Waals surface area (Å²) < 4.78 is 0.990. The molecule has 2 rings (SSSR count). The maximum atomic E-state index is 6.02. The van der Waals surface area contributed by atoms with E-state index in [1.807, 2.05) is 0 Å². The van der Waals surface area contributed by atoms with Gasteiger partial charge in [0, 0.05) is 6.42 Å². The van der Waals surface area contributed by atoms with Gasteiger partial charge in [0.05, 0.1) is 9.26 Å². The van der Waals surface area contributed by atoms with Crippen LogP contribution in [0.1, 0.15) is 36.5 Å². The summed E-state index contributed by atoms with van der Waals surface area (Å²) in [7, 11) is 0. The minimum Gasteiger partial charge on any atom is -0.383 e. The minimum atomic E-state index is 0.560. The van der Waals surface area contributed by atoms with Crippen LogP contribution in [0.5, 0.6) is 0 Å². The lowest BCUT2D eigenvalue weighted by Gasteiger charge is -2.11. The highest BCUT2D eigenvalue weighted by Gasteiger charge is 2.12. The highest BCUT2D eigenvalue weighted by Crippen LogP contribution is 2.20. The monoisotopic (exact) mass is 381 g/mol. The summed E-state index contributed by atoms with van der Waals surface area (Å²) in [5.41, 5.74) is 9.56. The molecule has 106 valence electrons. The molecule has 0 aliphatic carbocycles. The fourth-order valence-corrected chi connectivity index (χ4v) is 2.63. The van der Waals surface area contributed by atoms with Crippen molar-refractivity contribution in [2.24, 2.45) is 5.92 Å². The largest absolute Gasteiger partial charge is 0.383 e. The molecule has 2 N–H and O–H groups in total. The Morgan fingerprint density at radius 1 is 1.25 bits per heavy atom. The van der Waals surface area contributed by atoms with Crippen LogP contribution in [0, 0.1) is 16.4 Å². The molecule has 3 nitrogen and oxygen atoms in total. The van der Waals surface area contributed by atoms with Gasteiger partial charge >= 0.3 is 0 Å². The van der Waals surface area contributed by atoms with Crippen LogP contribution in [0.4, 0.5) is 5.82 Å². The van der Waals surface area contributed by atoms with E-state index in [1.165, 1.54) is 11.1 Å². The highest BCUT2D eigenvalue weighted by atomic mass is 127. The van der Waals surface area contributed by atoms with Crippen LogP contribution in [0.2, 0.25) is 0 Å². The van der Waals surface area contributed by atoms with Gasteiger partial charge in [-0.05, 0) is 47.4 Å². The van der Waals surface area contributed by atoms with Crippen molar-refractivity contribution in [3.63, 3.8) is 0 Å². The Bertz CT molecular complexity index is 609. The molecule has 0 unspecified atom stereocenters. The number of nitrogens with two attached hydrogens (primary N) is 1. The van der Waals surface area contributed by atoms with Gasteiger partial charge in [-0.25, -0.2) is 9.97 Å². The van der Waals surface area contributed by atoms with E-state index in [2.05, 4.69) is 72.6 Å². The summed E-state index contributed by atoms with van der Waals surface area (Å²) in [5, 5.41) is 0. The Labute approximate surface area is 134 Å². The molecule has 0 amide bonds. The Kier molecular flexibility index (Phi) is 4.96. The van der Waals surface area contributed by atoms with Crippen LogP contribution in [0.3, 0.4) is 0 Å². The molecule has 0 saturated carbocycles. The van der Waals surface area contributed by atoms with Crippen molar-refractivity contribution in [2.75, 3.05) is 5.73 Å². The Morgan fingerprint density at radius 3 is 2.65 bits per heavy atom. The first kappa shape index (κ1) is 15.2. The SMILES string of the molecule is Cc1cccc(Cc2nc(N)c(I)c(CC(C)C)n2)c1. The number of halogens is 1. The van der Waals surface area contributed by atoms with Gasteiger partial charge in [0.2, 0.25) is 0 Å². The van der Waals surface area contributed by atoms with Crippen molar-refractivity contribution in [3.05, 3.63) is 50.5 Å². The summed E-state index contributed by atoms with van der Waals surface area (Å²) in [4.78, 5) is 9.12. The lowest BCUT2D eigenvalue weighted by molar-refractivity contribution is 0.629. The average molecular weight is 381 g/mol. The van der Waals surface area contributed by atoms with Gasteiger partial charge in [-0.15, -0.1) is 0 Å². The lowest BCUT2D eigenvalue weighted by atomic mass is 10.1. The van der Waals surface area contributed by atoms with E-state index in [9.17, 15) is 0 Å². The molecular weight excluding hydrogens is 361 g/mol. The van der Waals surface area contributed by atoms with E-state index in [1.54, 1.807) is 0 Å². The summed E-state index contributed by atoms with van der Waals surface area (Å²) >= 11 is 2.24. The van der Waals surface area contributed by atoms with Crippen molar-refractivity contribution < 1.29 is 0 Å². The fourth-order valence-electron chi connectivity index (χ4n) is 2.17. The van der Waals surface area contributed by atoms with Crippen LogP contribution in [0.15, 0.2) is 24.3 Å². The third kappa shape index (κ3) is 3.91. The fraction of sp³-hybridized carbons (Fsp3) is 0.375. The highest BCUT2D eigenvalue weighted by molar-refractivity contribution is 14.1. The second-order valence-corrected chi connectivity index (χ2v) is 6.63. The minimum absolute atomic E-state index is 0.560. The number of benzene rings is 1. The van der Waals surface area contributed by atoms with Gasteiger partial charge in [0.15, 0.2) is 0 Å². The quantitative estimate of drug-likeness (QED) is 0.821. The molecule has 0 radical (unpaired) electrons. The van der Waals surface area contributed by atoms with Crippen molar-refractivity contribution >= 4 is 28.4 Å². The number of rotatable bonds is 4. The lowest BCUT2D eigenvalue weighted by Crippen LogP contribution is -2.10. The van der Waals surface area contributed by atoms with Gasteiger partial charge in [-0.2, -0.15) is 0 Å². The normalized spacial score (nSPS) is 11.1. The Hall–Kier alpha value is -1.17. The molecule has 1 aromatic heterocycles. The average Bonchev–Trinajstić information content (AvgIpc) is 2.35. The molecule has 0 aliphatic heterocycles. The maximum absolute atomic E-state index is 6.02. The van der Waals surface area contributed by atoms with Gasteiger partial charge in [0.25, 0.3) is 0 Å². The van der Waals surface area contributed by atoms with Crippen molar-refractivity contribution in [2.45, 2.75) is 33.6 Å². The van der Waals surface area contributed by atoms with Gasteiger partial charge in [-0.1, -0.05) is 43.7 Å². The molecule has 1 aromatic carbocycles. The summed E-state index contributed by atoms with van der Waals surface area (Å²) in [6.45, 7) is 6.47. The van der Waals surface area contributed by atoms with E-state index in [0.29, 0.717) is 11.7 Å². The van der Waals surface area contributed by atoms with Crippen LogP contribution >= 0.6 is 22.6 Å². The molecule has 0 spiro atoms. The molecule has 0 fully saturated rings. The molecule has 4 heteroatoms. The van der Waals surface area contributed by atoms with Crippen molar-refractivity contribution in [3.8, 4) is 0 Å². The van der Waals surface area contributed by atoms with Crippen LogP contribution in [-0.4, -0.2) is 9.97 Å². The third-order valence-corrected chi connectivity index (χ3v) is 4.21. The number of nitrogens with zero attached hydrogens (tertiary/aromatic N) is 2. The molecule has 0 bridgehead atoms. The molecule has 20 heavy (non-hydrogen) atoms. The van der Waals surface area contributed by atoms with Crippen LogP contribution < -0.4 is 5.73 Å². The first-order valence-corrected chi connectivity index (χ1v) is 7.90. The summed E-state index contributed by atoms with van der Waals surface area (Å²) in [6, 6.07) is 8.43. The van der Waals surface area contributed by atoms with Crippen molar-refractivity contribution in [1.29, 1.82) is 0 Å². The second-order valence-electron chi connectivity index (χ2n) is 5.55. The van der Waals surface area contributed by atoms with Crippen molar-refractivity contribution in [1.82, 2.24) is 9.97 Å². The third-order valence-electron chi connectivity index (χ3n) is 3.04. The summed E-state index contributed by atoms with van der Waals surface area (Å²) in [5.74, 6) is 1.97. The number of nitrogen functional groups attached to an aromatic ring is 1. The molecule has 0 saturated heterocycles. The summed E-state index contributed by atoms with van der Waals surface area (Å²) in [6.07, 6.45) is 1.67. The predicted octanol–water partition coefficient (Wildman–Crippen LogP) is 3.76. The Balaban J connectivity index is 2.30. The Morgan fingerprint density at radius 2 is 2.00 bits per heavy atom. The number of hydrogen-bond donors (Lipinski definition) is 1. The smallest absolute Gasteiger partial charge is 0.140 e. The van der Waals surface area contributed by atoms with Crippen LogP contribution in [-0.2, 0) is 12.8 Å². The number of anilines is 1. The maximum Gasteiger partial charge on any atom is 0.140 e. The first-order chi connectivity index (χ1) is 9.45. The van der Waals surface area contributed by atoms with Gasteiger partial charge < -0.3 is 5.73 Å². The standard InChI is InChI=1S/C16H20IN3/c1-10(2)7-13-15(17)16(18)20-14(19-13)9-12-6-4-5-11(3)8-12/h4-6,8,10H,7,9H2,1-3H3,(H2,18,19,20). The zero-order valence-electron chi connectivity index (χ0n) is 12.2. The van der Waals surface area contributed by atoms with E-state index in [-0.39, 0.29) is 0 Å². The van der Waals surface area contributed by atoms with E-state index < -0.39 is 0 Å². The number of hydrogen-bond acceptors (Lipinski definition) is 3. The number of aryl methyl sites for hydroxylation is 1. The zero-order chi connectivity index (χ0) is 14.7. The number of aromatic nitrogens is 2. The van der Waals surface area contributed by atoms with E-state index in [0.717, 1.165) is 27.9 Å². The second kappa shape index (κ2) is 6.52. The predicted molar refractivity (Wildman–Crippen MR) is 91.7 cm³/mol. The molecule has 2 aromatic rings. The topological polar surface area (TPSA) is 51.8 Å². The van der Waals surface area contributed by atoms with Gasteiger partial charge in [-0.3, -0.25) is 0 Å².